The first-order chi connectivity index (χ1) is 9.83. The number of fused-ring (bicyclic) bond motifs is 1. The Hall–Kier alpha value is -1.71. The van der Waals surface area contributed by atoms with E-state index in [1.165, 1.54) is 6.42 Å². The van der Waals surface area contributed by atoms with Gasteiger partial charge in [-0.15, -0.1) is 10.2 Å². The summed E-state index contributed by atoms with van der Waals surface area (Å²) in [4.78, 5) is 4.58. The van der Waals surface area contributed by atoms with E-state index in [0.717, 1.165) is 23.9 Å². The molecule has 0 aliphatic heterocycles. The maximum atomic E-state index is 4.58. The highest BCUT2D eigenvalue weighted by Gasteiger charge is 2.38. The van der Waals surface area contributed by atoms with Crippen molar-refractivity contribution in [1.82, 2.24) is 15.2 Å². The van der Waals surface area contributed by atoms with Gasteiger partial charge in [0, 0.05) is 6.04 Å². The molecule has 112 valence electrons. The fourth-order valence-corrected chi connectivity index (χ4v) is 4.07. The van der Waals surface area contributed by atoms with Crippen molar-refractivity contribution in [3.63, 3.8) is 0 Å². The van der Waals surface area contributed by atoms with E-state index < -0.39 is 0 Å². The van der Waals surface area contributed by atoms with Crippen molar-refractivity contribution < 1.29 is 0 Å². The number of para-hydroxylation sites is 1. The quantitative estimate of drug-likeness (QED) is 0.904. The molecule has 1 heterocycles. The van der Waals surface area contributed by atoms with Crippen LogP contribution in [0.25, 0.3) is 11.0 Å². The lowest BCUT2D eigenvalue weighted by Gasteiger charge is -2.45. The summed E-state index contributed by atoms with van der Waals surface area (Å²) >= 11 is 0. The Bertz CT molecular complexity index is 632. The fraction of sp³-hybridized carbons (Fsp3) is 0.588. The van der Waals surface area contributed by atoms with Crippen molar-refractivity contribution in [3.8, 4) is 0 Å². The van der Waals surface area contributed by atoms with Crippen LogP contribution in [0.3, 0.4) is 0 Å². The molecule has 1 aliphatic carbocycles. The van der Waals surface area contributed by atoms with Crippen LogP contribution in [-0.4, -0.2) is 21.2 Å². The maximum absolute atomic E-state index is 4.58. The van der Waals surface area contributed by atoms with E-state index in [4.69, 9.17) is 0 Å². The molecule has 0 saturated heterocycles. The molecule has 0 atom stereocenters. The summed E-state index contributed by atoms with van der Waals surface area (Å²) in [5.74, 6) is 0.646. The van der Waals surface area contributed by atoms with Crippen LogP contribution >= 0.6 is 0 Å². The first-order valence-electron chi connectivity index (χ1n) is 7.69. The summed E-state index contributed by atoms with van der Waals surface area (Å²) in [5, 5.41) is 12.0. The van der Waals surface area contributed by atoms with Gasteiger partial charge < -0.3 is 5.32 Å². The van der Waals surface area contributed by atoms with E-state index in [1.807, 2.05) is 24.3 Å². The average Bonchev–Trinajstić information content (AvgIpc) is 2.34. The van der Waals surface area contributed by atoms with Gasteiger partial charge >= 0.3 is 0 Å². The minimum absolute atomic E-state index is 0.351. The van der Waals surface area contributed by atoms with Gasteiger partial charge in [-0.1, -0.05) is 39.8 Å². The monoisotopic (exact) mass is 284 g/mol. The minimum atomic E-state index is 0.351. The second kappa shape index (κ2) is 4.93. The Morgan fingerprint density at radius 2 is 1.57 bits per heavy atom. The highest BCUT2D eigenvalue weighted by molar-refractivity contribution is 5.74. The van der Waals surface area contributed by atoms with Crippen LogP contribution in [0, 0.1) is 10.8 Å². The predicted octanol–water partition coefficient (Wildman–Crippen LogP) is 4.04. The van der Waals surface area contributed by atoms with E-state index in [1.54, 1.807) is 0 Å². The number of aromatic nitrogens is 3. The van der Waals surface area contributed by atoms with Crippen LogP contribution < -0.4 is 5.32 Å². The zero-order valence-electron chi connectivity index (χ0n) is 13.3. The molecule has 0 amide bonds. The van der Waals surface area contributed by atoms with Crippen LogP contribution in [-0.2, 0) is 0 Å². The van der Waals surface area contributed by atoms with Crippen molar-refractivity contribution in [3.05, 3.63) is 24.3 Å². The summed E-state index contributed by atoms with van der Waals surface area (Å²) in [6.45, 7) is 9.40. The third-order valence-electron chi connectivity index (χ3n) is 4.25. The van der Waals surface area contributed by atoms with Crippen molar-refractivity contribution in [2.24, 2.45) is 10.8 Å². The molecule has 3 rings (SSSR count). The van der Waals surface area contributed by atoms with E-state index in [-0.39, 0.29) is 0 Å². The van der Waals surface area contributed by atoms with Crippen molar-refractivity contribution in [2.75, 3.05) is 5.32 Å². The third-order valence-corrected chi connectivity index (χ3v) is 4.25. The van der Waals surface area contributed by atoms with Gasteiger partial charge in [0.25, 0.3) is 0 Å². The molecule has 4 nitrogen and oxygen atoms in total. The largest absolute Gasteiger partial charge is 0.350 e. The molecule has 0 bridgehead atoms. The highest BCUT2D eigenvalue weighted by atomic mass is 15.2. The maximum Gasteiger partial charge on any atom is 0.243 e. The number of nitrogens with one attached hydrogen (secondary N) is 1. The number of hydrogen-bond acceptors (Lipinski definition) is 4. The van der Waals surface area contributed by atoms with E-state index in [0.29, 0.717) is 22.8 Å². The van der Waals surface area contributed by atoms with Crippen molar-refractivity contribution in [2.45, 2.75) is 53.0 Å². The fourth-order valence-electron chi connectivity index (χ4n) is 4.07. The first kappa shape index (κ1) is 14.2. The van der Waals surface area contributed by atoms with E-state index >= 15 is 0 Å². The summed E-state index contributed by atoms with van der Waals surface area (Å²) in [5.41, 5.74) is 2.43. The smallest absolute Gasteiger partial charge is 0.243 e. The van der Waals surface area contributed by atoms with Crippen LogP contribution in [0.1, 0.15) is 47.0 Å². The van der Waals surface area contributed by atoms with E-state index in [9.17, 15) is 0 Å². The highest BCUT2D eigenvalue weighted by Crippen LogP contribution is 2.46. The van der Waals surface area contributed by atoms with Gasteiger partial charge in [0.2, 0.25) is 5.95 Å². The summed E-state index contributed by atoms with van der Waals surface area (Å²) < 4.78 is 0. The Morgan fingerprint density at radius 3 is 2.24 bits per heavy atom. The first-order valence-corrected chi connectivity index (χ1v) is 7.69. The van der Waals surface area contributed by atoms with Crippen LogP contribution in [0.2, 0.25) is 0 Å². The zero-order valence-corrected chi connectivity index (χ0v) is 13.3. The van der Waals surface area contributed by atoms with Crippen molar-refractivity contribution >= 4 is 17.0 Å². The molecule has 1 fully saturated rings. The van der Waals surface area contributed by atoms with Gasteiger partial charge in [0.05, 0.1) is 5.52 Å². The lowest BCUT2D eigenvalue weighted by molar-refractivity contribution is 0.105. The molecule has 1 N–H and O–H groups in total. The van der Waals surface area contributed by atoms with E-state index in [2.05, 4.69) is 48.2 Å². The number of anilines is 1. The molecule has 1 aliphatic rings. The summed E-state index contributed by atoms with van der Waals surface area (Å²) in [6.07, 6.45) is 3.55. The Labute approximate surface area is 126 Å². The van der Waals surface area contributed by atoms with Crippen molar-refractivity contribution in [1.29, 1.82) is 0 Å². The SMILES string of the molecule is CC1(C)CC(Nc2nnc3ccccc3n2)CC(C)(C)C1. The standard InChI is InChI=1S/C17H24N4/c1-16(2)9-12(10-17(3,4)11-16)18-15-19-13-7-5-6-8-14(13)20-21-15/h5-8,12H,9-11H2,1-4H3,(H,18,19,21). The Kier molecular flexibility index (Phi) is 3.34. The van der Waals surface area contributed by atoms with Gasteiger partial charge in [-0.25, -0.2) is 4.98 Å². The lowest BCUT2D eigenvalue weighted by Crippen LogP contribution is -2.40. The second-order valence-electron chi connectivity index (χ2n) is 7.88. The minimum Gasteiger partial charge on any atom is -0.350 e. The molecule has 0 radical (unpaired) electrons. The summed E-state index contributed by atoms with van der Waals surface area (Å²) in [7, 11) is 0. The van der Waals surface area contributed by atoms with Crippen LogP contribution in [0.5, 0.6) is 0 Å². The predicted molar refractivity (Wildman–Crippen MR) is 86.2 cm³/mol. The average molecular weight is 284 g/mol. The molecular weight excluding hydrogens is 260 g/mol. The van der Waals surface area contributed by atoms with Gasteiger partial charge in [-0.05, 0) is 42.2 Å². The van der Waals surface area contributed by atoms with Gasteiger partial charge in [0.1, 0.15) is 5.52 Å². The topological polar surface area (TPSA) is 50.7 Å². The Morgan fingerprint density at radius 1 is 0.952 bits per heavy atom. The molecule has 1 aromatic carbocycles. The summed E-state index contributed by atoms with van der Waals surface area (Å²) in [6, 6.07) is 8.26. The molecule has 2 aromatic rings. The zero-order chi connectivity index (χ0) is 15.1. The number of nitrogens with zero attached hydrogens (tertiary/aromatic N) is 3. The molecule has 21 heavy (non-hydrogen) atoms. The second-order valence-corrected chi connectivity index (χ2v) is 7.88. The number of rotatable bonds is 2. The lowest BCUT2D eigenvalue weighted by atomic mass is 9.63. The van der Waals surface area contributed by atoms with Crippen LogP contribution in [0.4, 0.5) is 5.95 Å². The molecule has 1 saturated carbocycles. The van der Waals surface area contributed by atoms with Gasteiger partial charge in [0.15, 0.2) is 0 Å². The normalized spacial score (nSPS) is 21.3. The molecule has 1 aromatic heterocycles. The van der Waals surface area contributed by atoms with Gasteiger partial charge in [-0.3, -0.25) is 0 Å². The number of benzene rings is 1. The Balaban J connectivity index is 1.81. The molecule has 0 spiro atoms. The third kappa shape index (κ3) is 3.31. The van der Waals surface area contributed by atoms with Crippen LogP contribution in [0.15, 0.2) is 24.3 Å². The molecular formula is C17H24N4. The molecule has 0 unspecified atom stereocenters. The van der Waals surface area contributed by atoms with Gasteiger partial charge in [-0.2, -0.15) is 0 Å². The number of hydrogen-bond donors (Lipinski definition) is 1. The molecule has 4 heteroatoms.